The Morgan fingerprint density at radius 3 is 2.75 bits per heavy atom. The molecule has 0 aromatic carbocycles. The second kappa shape index (κ2) is 5.28. The molecule has 0 bridgehead atoms. The first-order valence-electron chi connectivity index (χ1n) is 7.41. The van der Waals surface area contributed by atoms with Crippen LogP contribution in [0.15, 0.2) is 0 Å². The molecule has 1 aliphatic heterocycles. The molecule has 110 valence electrons. The summed E-state index contributed by atoms with van der Waals surface area (Å²) in [5, 5.41) is 1.22. The Bertz CT molecular complexity index is 522. The Balaban J connectivity index is 1.95. The average Bonchev–Trinajstić information content (AvgIpc) is 3.07. The standard InChI is InChI=1S/C15H22N2O2S/c1-3-9-6-7-17(8-9)14-11(10-4-5-10)12(16)13(20-14)15(18)19-2/h9-10H,3-8,16H2,1-2H3. The van der Waals surface area contributed by atoms with E-state index in [4.69, 9.17) is 10.5 Å². The molecule has 1 saturated heterocycles. The molecule has 1 aliphatic carbocycles. The minimum Gasteiger partial charge on any atom is -0.465 e. The van der Waals surface area contributed by atoms with Crippen molar-refractivity contribution >= 4 is 28.0 Å². The molecule has 0 radical (unpaired) electrons. The second-order valence-electron chi connectivity index (χ2n) is 5.84. The molecule has 2 aliphatic rings. The smallest absolute Gasteiger partial charge is 0.350 e. The van der Waals surface area contributed by atoms with Gasteiger partial charge < -0.3 is 15.4 Å². The first kappa shape index (κ1) is 13.7. The van der Waals surface area contributed by atoms with Gasteiger partial charge in [0.25, 0.3) is 0 Å². The second-order valence-corrected chi connectivity index (χ2v) is 6.84. The van der Waals surface area contributed by atoms with E-state index in [1.165, 1.54) is 54.7 Å². The maximum absolute atomic E-state index is 11.9. The van der Waals surface area contributed by atoms with Crippen molar-refractivity contribution in [3.63, 3.8) is 0 Å². The summed E-state index contributed by atoms with van der Waals surface area (Å²) in [7, 11) is 1.42. The lowest BCUT2D eigenvalue weighted by atomic mass is 10.1. The number of nitrogen functional groups attached to an aromatic ring is 1. The lowest BCUT2D eigenvalue weighted by molar-refractivity contribution is 0.0607. The summed E-state index contributed by atoms with van der Waals surface area (Å²) in [5.41, 5.74) is 8.12. The van der Waals surface area contributed by atoms with Gasteiger partial charge in [-0.05, 0) is 31.1 Å². The Morgan fingerprint density at radius 1 is 1.45 bits per heavy atom. The minimum absolute atomic E-state index is 0.299. The fourth-order valence-electron chi connectivity index (χ4n) is 3.04. The molecule has 0 amide bonds. The maximum atomic E-state index is 11.9. The average molecular weight is 294 g/mol. The number of hydrogen-bond acceptors (Lipinski definition) is 5. The van der Waals surface area contributed by atoms with E-state index in [2.05, 4.69) is 11.8 Å². The van der Waals surface area contributed by atoms with Crippen LogP contribution in [-0.2, 0) is 4.74 Å². The Morgan fingerprint density at radius 2 is 2.20 bits per heavy atom. The first-order chi connectivity index (χ1) is 9.65. The van der Waals surface area contributed by atoms with Gasteiger partial charge in [0.05, 0.1) is 17.8 Å². The summed E-state index contributed by atoms with van der Waals surface area (Å²) in [5.74, 6) is 1.03. The first-order valence-corrected chi connectivity index (χ1v) is 8.22. The number of thiophene rings is 1. The molecule has 0 spiro atoms. The van der Waals surface area contributed by atoms with E-state index in [9.17, 15) is 4.79 Å². The molecule has 1 atom stereocenters. The summed E-state index contributed by atoms with van der Waals surface area (Å²) in [6, 6.07) is 0. The summed E-state index contributed by atoms with van der Waals surface area (Å²) in [6.07, 6.45) is 4.85. The molecule has 1 unspecified atom stereocenters. The number of carbonyl (C=O) groups is 1. The van der Waals surface area contributed by atoms with Gasteiger partial charge in [0.2, 0.25) is 0 Å². The molecule has 1 saturated carbocycles. The van der Waals surface area contributed by atoms with Crippen molar-refractivity contribution in [1.29, 1.82) is 0 Å². The van der Waals surface area contributed by atoms with E-state index in [-0.39, 0.29) is 5.97 Å². The largest absolute Gasteiger partial charge is 0.465 e. The molecule has 1 aromatic heterocycles. The molecule has 2 fully saturated rings. The predicted octanol–water partition coefficient (Wildman–Crippen LogP) is 3.23. The van der Waals surface area contributed by atoms with Crippen LogP contribution in [0, 0.1) is 5.92 Å². The number of nitrogens with zero attached hydrogens (tertiary/aromatic N) is 1. The Labute approximate surface area is 123 Å². The van der Waals surface area contributed by atoms with Crippen LogP contribution < -0.4 is 10.6 Å². The molecule has 5 heteroatoms. The highest BCUT2D eigenvalue weighted by Gasteiger charge is 2.36. The quantitative estimate of drug-likeness (QED) is 0.866. The van der Waals surface area contributed by atoms with Gasteiger partial charge >= 0.3 is 5.97 Å². The normalized spacial score (nSPS) is 22.3. The zero-order valence-corrected chi connectivity index (χ0v) is 13.0. The van der Waals surface area contributed by atoms with Crippen molar-refractivity contribution in [1.82, 2.24) is 0 Å². The number of nitrogens with two attached hydrogens (primary N) is 1. The van der Waals surface area contributed by atoms with Crippen molar-refractivity contribution < 1.29 is 9.53 Å². The van der Waals surface area contributed by atoms with Gasteiger partial charge in [-0.3, -0.25) is 0 Å². The molecular formula is C15H22N2O2S. The van der Waals surface area contributed by atoms with E-state index in [1.807, 2.05) is 0 Å². The van der Waals surface area contributed by atoms with Crippen LogP contribution in [0.1, 0.15) is 53.8 Å². The highest BCUT2D eigenvalue weighted by molar-refractivity contribution is 7.18. The number of methoxy groups -OCH3 is 1. The third kappa shape index (κ3) is 2.28. The van der Waals surface area contributed by atoms with Crippen LogP contribution in [0.5, 0.6) is 0 Å². The van der Waals surface area contributed by atoms with Crippen molar-refractivity contribution in [2.75, 3.05) is 30.8 Å². The van der Waals surface area contributed by atoms with E-state index >= 15 is 0 Å². The lowest BCUT2D eigenvalue weighted by Gasteiger charge is -2.18. The van der Waals surface area contributed by atoms with Gasteiger partial charge in [-0.1, -0.05) is 13.3 Å². The van der Waals surface area contributed by atoms with Crippen LogP contribution in [0.3, 0.4) is 0 Å². The third-order valence-electron chi connectivity index (χ3n) is 4.47. The van der Waals surface area contributed by atoms with E-state index in [0.717, 1.165) is 19.0 Å². The molecular weight excluding hydrogens is 272 g/mol. The van der Waals surface area contributed by atoms with Crippen molar-refractivity contribution in [2.24, 2.45) is 5.92 Å². The molecule has 3 rings (SSSR count). The van der Waals surface area contributed by atoms with Crippen LogP contribution in [-0.4, -0.2) is 26.2 Å². The number of rotatable bonds is 4. The van der Waals surface area contributed by atoms with E-state index in [1.54, 1.807) is 0 Å². The van der Waals surface area contributed by atoms with Crippen molar-refractivity contribution in [3.05, 3.63) is 10.4 Å². The van der Waals surface area contributed by atoms with Crippen LogP contribution in [0.4, 0.5) is 10.7 Å². The fraction of sp³-hybridized carbons (Fsp3) is 0.667. The van der Waals surface area contributed by atoms with Gasteiger partial charge in [0, 0.05) is 18.7 Å². The van der Waals surface area contributed by atoms with Crippen LogP contribution in [0.25, 0.3) is 0 Å². The zero-order chi connectivity index (χ0) is 14.3. The molecule has 1 aromatic rings. The number of ether oxygens (including phenoxy) is 1. The van der Waals surface area contributed by atoms with Gasteiger partial charge in [-0.15, -0.1) is 11.3 Å². The van der Waals surface area contributed by atoms with Gasteiger partial charge in [-0.2, -0.15) is 0 Å². The maximum Gasteiger partial charge on any atom is 0.350 e. The minimum atomic E-state index is -0.299. The van der Waals surface area contributed by atoms with E-state index in [0.29, 0.717) is 16.5 Å². The van der Waals surface area contributed by atoms with E-state index < -0.39 is 0 Å². The van der Waals surface area contributed by atoms with Crippen molar-refractivity contribution in [2.45, 2.75) is 38.5 Å². The monoisotopic (exact) mass is 294 g/mol. The van der Waals surface area contributed by atoms with Gasteiger partial charge in [0.15, 0.2) is 0 Å². The summed E-state index contributed by atoms with van der Waals surface area (Å²) >= 11 is 1.52. The summed E-state index contributed by atoms with van der Waals surface area (Å²) in [6.45, 7) is 4.42. The summed E-state index contributed by atoms with van der Waals surface area (Å²) < 4.78 is 4.86. The number of anilines is 2. The van der Waals surface area contributed by atoms with Gasteiger partial charge in [0.1, 0.15) is 4.88 Å². The van der Waals surface area contributed by atoms with Crippen LogP contribution in [0.2, 0.25) is 0 Å². The Hall–Kier alpha value is -1.23. The molecule has 2 heterocycles. The zero-order valence-electron chi connectivity index (χ0n) is 12.1. The van der Waals surface area contributed by atoms with Crippen molar-refractivity contribution in [3.8, 4) is 0 Å². The Kier molecular flexibility index (Phi) is 3.63. The van der Waals surface area contributed by atoms with Crippen LogP contribution >= 0.6 is 11.3 Å². The molecule has 20 heavy (non-hydrogen) atoms. The third-order valence-corrected chi connectivity index (χ3v) is 5.73. The number of esters is 1. The summed E-state index contributed by atoms with van der Waals surface area (Å²) in [4.78, 5) is 14.9. The fourth-order valence-corrected chi connectivity index (χ4v) is 4.30. The highest BCUT2D eigenvalue weighted by Crippen LogP contribution is 2.52. The number of hydrogen-bond donors (Lipinski definition) is 1. The lowest BCUT2D eigenvalue weighted by Crippen LogP contribution is -2.19. The van der Waals surface area contributed by atoms with Gasteiger partial charge in [-0.25, -0.2) is 4.79 Å². The highest BCUT2D eigenvalue weighted by atomic mass is 32.1. The molecule has 2 N–H and O–H groups in total. The number of carbonyl (C=O) groups excluding carboxylic acids is 1. The predicted molar refractivity (Wildman–Crippen MR) is 82.7 cm³/mol. The SMILES string of the molecule is CCC1CCN(c2sc(C(=O)OC)c(N)c2C2CC2)C1. The molecule has 4 nitrogen and oxygen atoms in total. The topological polar surface area (TPSA) is 55.6 Å².